The Labute approximate surface area is 85.7 Å². The molecule has 15 heavy (non-hydrogen) atoms. The van der Waals surface area contributed by atoms with Crippen LogP contribution in [0.2, 0.25) is 0 Å². The molecule has 1 aromatic heterocycles. The van der Waals surface area contributed by atoms with E-state index in [1.807, 2.05) is 0 Å². The van der Waals surface area contributed by atoms with Crippen LogP contribution in [-0.4, -0.2) is 26.8 Å². The quantitative estimate of drug-likeness (QED) is 0.626. The van der Waals surface area contributed by atoms with Gasteiger partial charge in [-0.25, -0.2) is 4.79 Å². The van der Waals surface area contributed by atoms with Gasteiger partial charge in [-0.05, 0) is 6.42 Å². The molecule has 1 heterocycles. The molecule has 0 saturated heterocycles. The summed E-state index contributed by atoms with van der Waals surface area (Å²) in [5.41, 5.74) is 10.3. The summed E-state index contributed by atoms with van der Waals surface area (Å²) in [4.78, 5) is 21.6. The van der Waals surface area contributed by atoms with Gasteiger partial charge in [0, 0.05) is 6.20 Å². The van der Waals surface area contributed by atoms with E-state index in [0.717, 1.165) is 0 Å². The van der Waals surface area contributed by atoms with Crippen molar-refractivity contribution in [1.82, 2.24) is 9.78 Å². The number of hydrogen-bond donors (Lipinski definition) is 3. The van der Waals surface area contributed by atoms with Gasteiger partial charge in [-0.2, -0.15) is 5.10 Å². The molecule has 82 valence electrons. The summed E-state index contributed by atoms with van der Waals surface area (Å²) in [6, 6.07) is -0.666. The number of carbonyl (C=O) groups excluding carboxylic acids is 1. The lowest BCUT2D eigenvalue weighted by Crippen LogP contribution is -2.26. The highest BCUT2D eigenvalue weighted by Crippen LogP contribution is 2.15. The summed E-state index contributed by atoms with van der Waals surface area (Å²) in [7, 11) is 0. The van der Waals surface area contributed by atoms with Gasteiger partial charge in [-0.1, -0.05) is 6.92 Å². The highest BCUT2D eigenvalue weighted by atomic mass is 16.4. The molecule has 5 N–H and O–H groups in total. The summed E-state index contributed by atoms with van der Waals surface area (Å²) in [5.74, 6) is -1.80. The van der Waals surface area contributed by atoms with Crippen molar-refractivity contribution in [3.05, 3.63) is 11.9 Å². The number of carbonyl (C=O) groups is 2. The number of anilines is 1. The number of nitrogens with zero attached hydrogens (tertiary/aromatic N) is 2. The van der Waals surface area contributed by atoms with E-state index in [4.69, 9.17) is 16.6 Å². The lowest BCUT2D eigenvalue weighted by molar-refractivity contribution is -0.121. The number of amides is 1. The summed E-state index contributed by atoms with van der Waals surface area (Å²) in [6.45, 7) is 1.74. The van der Waals surface area contributed by atoms with E-state index >= 15 is 0 Å². The second-order valence-corrected chi connectivity index (χ2v) is 3.04. The molecule has 1 atom stereocenters. The lowest BCUT2D eigenvalue weighted by Gasteiger charge is -2.10. The average Bonchev–Trinajstić information content (AvgIpc) is 2.48. The Balaban J connectivity index is 3.10. The smallest absolute Gasteiger partial charge is 0.358 e. The fourth-order valence-corrected chi connectivity index (χ4v) is 1.25. The molecule has 0 aliphatic heterocycles. The molecule has 1 rings (SSSR count). The van der Waals surface area contributed by atoms with Crippen LogP contribution in [0.3, 0.4) is 0 Å². The molecule has 0 radical (unpaired) electrons. The molecule has 1 unspecified atom stereocenters. The zero-order chi connectivity index (χ0) is 11.6. The van der Waals surface area contributed by atoms with Crippen LogP contribution in [0.25, 0.3) is 0 Å². The van der Waals surface area contributed by atoms with Crippen molar-refractivity contribution < 1.29 is 14.7 Å². The summed E-state index contributed by atoms with van der Waals surface area (Å²) in [5, 5.41) is 12.4. The number of carboxylic acid groups (broad SMARTS) is 1. The minimum atomic E-state index is -1.23. The maximum atomic E-state index is 11.0. The van der Waals surface area contributed by atoms with Gasteiger partial charge in [-0.3, -0.25) is 9.48 Å². The van der Waals surface area contributed by atoms with Gasteiger partial charge in [-0.15, -0.1) is 0 Å². The Morgan fingerprint density at radius 1 is 1.67 bits per heavy atom. The SMILES string of the molecule is CCC(C(N)=O)n1cc(N)c(C(=O)O)n1. The van der Waals surface area contributed by atoms with Crippen LogP contribution < -0.4 is 11.5 Å². The summed E-state index contributed by atoms with van der Waals surface area (Å²) >= 11 is 0. The Bertz CT molecular complexity index is 399. The van der Waals surface area contributed by atoms with Gasteiger partial charge in [0.2, 0.25) is 5.91 Å². The molecule has 0 aromatic carbocycles. The number of nitrogens with two attached hydrogens (primary N) is 2. The number of primary amides is 1. The van der Waals surface area contributed by atoms with Gasteiger partial charge in [0.15, 0.2) is 5.69 Å². The number of aromatic nitrogens is 2. The third-order valence-electron chi connectivity index (χ3n) is 2.00. The second-order valence-electron chi connectivity index (χ2n) is 3.04. The van der Waals surface area contributed by atoms with E-state index in [-0.39, 0.29) is 11.4 Å². The fraction of sp³-hybridized carbons (Fsp3) is 0.375. The van der Waals surface area contributed by atoms with Gasteiger partial charge < -0.3 is 16.6 Å². The van der Waals surface area contributed by atoms with Crippen LogP contribution in [0.1, 0.15) is 29.9 Å². The summed E-state index contributed by atoms with van der Waals surface area (Å²) < 4.78 is 1.18. The first-order valence-electron chi connectivity index (χ1n) is 4.34. The maximum Gasteiger partial charge on any atom is 0.358 e. The van der Waals surface area contributed by atoms with Gasteiger partial charge >= 0.3 is 5.97 Å². The normalized spacial score (nSPS) is 12.3. The first-order chi connectivity index (χ1) is 6.97. The van der Waals surface area contributed by atoms with E-state index in [2.05, 4.69) is 5.10 Å². The van der Waals surface area contributed by atoms with E-state index in [0.29, 0.717) is 6.42 Å². The molecule has 0 saturated carbocycles. The largest absolute Gasteiger partial charge is 0.476 e. The molecule has 7 nitrogen and oxygen atoms in total. The molecule has 1 aromatic rings. The topological polar surface area (TPSA) is 124 Å². The van der Waals surface area contributed by atoms with Crippen LogP contribution >= 0.6 is 0 Å². The predicted octanol–water partition coefficient (Wildman–Crippen LogP) is -0.400. The number of rotatable bonds is 4. The number of aromatic carboxylic acids is 1. The molecule has 0 fully saturated rings. The van der Waals surface area contributed by atoms with Crippen molar-refractivity contribution >= 4 is 17.6 Å². The molecule has 0 aliphatic rings. The Morgan fingerprint density at radius 2 is 2.27 bits per heavy atom. The standard InChI is InChI=1S/C8H12N4O3/c1-2-5(7(10)13)12-3-4(9)6(11-12)8(14)15/h3,5H,2,9H2,1H3,(H2,10,13)(H,14,15). The van der Waals surface area contributed by atoms with Crippen LogP contribution in [0.15, 0.2) is 6.20 Å². The first-order valence-corrected chi connectivity index (χ1v) is 4.34. The van der Waals surface area contributed by atoms with E-state index in [9.17, 15) is 9.59 Å². The van der Waals surface area contributed by atoms with Crippen LogP contribution in [0.5, 0.6) is 0 Å². The van der Waals surface area contributed by atoms with Crippen LogP contribution in [0.4, 0.5) is 5.69 Å². The van der Waals surface area contributed by atoms with Crippen molar-refractivity contribution in [1.29, 1.82) is 0 Å². The minimum Gasteiger partial charge on any atom is -0.476 e. The van der Waals surface area contributed by atoms with Crippen LogP contribution in [0, 0.1) is 0 Å². The van der Waals surface area contributed by atoms with Gasteiger partial charge in [0.25, 0.3) is 0 Å². The van der Waals surface area contributed by atoms with Crippen molar-refractivity contribution in [3.8, 4) is 0 Å². The number of nitrogen functional groups attached to an aromatic ring is 1. The number of carboxylic acids is 1. The Hall–Kier alpha value is -2.05. The Kier molecular flexibility index (Phi) is 2.93. The molecular weight excluding hydrogens is 200 g/mol. The molecule has 1 amide bonds. The van der Waals surface area contributed by atoms with Crippen LogP contribution in [-0.2, 0) is 4.79 Å². The van der Waals surface area contributed by atoms with Crippen molar-refractivity contribution in [2.75, 3.05) is 5.73 Å². The third kappa shape index (κ3) is 2.06. The summed E-state index contributed by atoms with van der Waals surface area (Å²) in [6.07, 6.45) is 1.72. The van der Waals surface area contributed by atoms with Gasteiger partial charge in [0.1, 0.15) is 6.04 Å². The van der Waals surface area contributed by atoms with Crippen molar-refractivity contribution in [3.63, 3.8) is 0 Å². The van der Waals surface area contributed by atoms with E-state index in [1.54, 1.807) is 6.92 Å². The Morgan fingerprint density at radius 3 is 2.60 bits per heavy atom. The maximum absolute atomic E-state index is 11.0. The van der Waals surface area contributed by atoms with Crippen molar-refractivity contribution in [2.45, 2.75) is 19.4 Å². The minimum absolute atomic E-state index is 0.0159. The average molecular weight is 212 g/mol. The van der Waals surface area contributed by atoms with E-state index in [1.165, 1.54) is 10.9 Å². The first kappa shape index (κ1) is 11.0. The fourth-order valence-electron chi connectivity index (χ4n) is 1.25. The van der Waals surface area contributed by atoms with Gasteiger partial charge in [0.05, 0.1) is 5.69 Å². The molecular formula is C8H12N4O3. The zero-order valence-corrected chi connectivity index (χ0v) is 8.17. The highest BCUT2D eigenvalue weighted by molar-refractivity contribution is 5.91. The van der Waals surface area contributed by atoms with Crippen molar-refractivity contribution in [2.24, 2.45) is 5.73 Å². The molecule has 0 spiro atoms. The molecule has 7 heteroatoms. The monoisotopic (exact) mass is 212 g/mol. The van der Waals surface area contributed by atoms with E-state index < -0.39 is 17.9 Å². The number of hydrogen-bond acceptors (Lipinski definition) is 4. The molecule has 0 bridgehead atoms. The highest BCUT2D eigenvalue weighted by Gasteiger charge is 2.20. The third-order valence-corrected chi connectivity index (χ3v) is 2.00. The zero-order valence-electron chi connectivity index (χ0n) is 8.17. The second kappa shape index (κ2) is 3.99. The predicted molar refractivity (Wildman–Crippen MR) is 52.1 cm³/mol. The molecule has 0 aliphatic carbocycles. The lowest BCUT2D eigenvalue weighted by atomic mass is 10.2.